The third-order valence-corrected chi connectivity index (χ3v) is 5.44. The molecule has 3 rings (SSSR count). The zero-order chi connectivity index (χ0) is 12.6. The summed E-state index contributed by atoms with van der Waals surface area (Å²) in [6.07, 6.45) is 9.33. The van der Waals surface area contributed by atoms with Gasteiger partial charge in [0.2, 0.25) is 0 Å². The number of ketones is 1. The van der Waals surface area contributed by atoms with Crippen molar-refractivity contribution >= 4 is 5.78 Å². The second-order valence-electron chi connectivity index (χ2n) is 6.57. The Morgan fingerprint density at radius 3 is 2.44 bits per heavy atom. The van der Waals surface area contributed by atoms with E-state index in [2.05, 4.69) is 0 Å². The molecule has 0 aromatic carbocycles. The lowest BCUT2D eigenvalue weighted by Crippen LogP contribution is -2.49. The highest BCUT2D eigenvalue weighted by molar-refractivity contribution is 5.79. The van der Waals surface area contributed by atoms with Gasteiger partial charge < -0.3 is 9.84 Å². The summed E-state index contributed by atoms with van der Waals surface area (Å²) in [5, 5.41) is 10.8. The molecule has 1 aliphatic heterocycles. The van der Waals surface area contributed by atoms with Crippen LogP contribution in [0, 0.1) is 5.92 Å². The molecule has 2 saturated carbocycles. The highest BCUT2D eigenvalue weighted by Crippen LogP contribution is 2.47. The van der Waals surface area contributed by atoms with Crippen molar-refractivity contribution in [3.63, 3.8) is 0 Å². The summed E-state index contributed by atoms with van der Waals surface area (Å²) < 4.78 is 6.04. The van der Waals surface area contributed by atoms with Crippen molar-refractivity contribution in [3.05, 3.63) is 0 Å². The molecule has 1 spiro atoms. The van der Waals surface area contributed by atoms with Gasteiger partial charge in [0.25, 0.3) is 0 Å². The van der Waals surface area contributed by atoms with Crippen LogP contribution in [0.5, 0.6) is 0 Å². The lowest BCUT2D eigenvalue weighted by molar-refractivity contribution is -0.154. The molecule has 1 saturated heterocycles. The maximum atomic E-state index is 11.3. The fraction of sp³-hybridized carbons (Fsp3) is 0.933. The van der Waals surface area contributed by atoms with Gasteiger partial charge in [0.05, 0.1) is 11.2 Å². The minimum atomic E-state index is -0.590. The van der Waals surface area contributed by atoms with E-state index in [0.29, 0.717) is 37.4 Å². The molecule has 0 radical (unpaired) electrons. The van der Waals surface area contributed by atoms with Gasteiger partial charge >= 0.3 is 0 Å². The predicted molar refractivity (Wildman–Crippen MR) is 68.3 cm³/mol. The van der Waals surface area contributed by atoms with E-state index >= 15 is 0 Å². The molecule has 1 atom stereocenters. The van der Waals surface area contributed by atoms with E-state index in [-0.39, 0.29) is 5.60 Å². The van der Waals surface area contributed by atoms with E-state index in [1.165, 1.54) is 25.7 Å². The summed E-state index contributed by atoms with van der Waals surface area (Å²) in [6, 6.07) is 0. The van der Waals surface area contributed by atoms with Crippen LogP contribution in [0.4, 0.5) is 0 Å². The molecule has 1 unspecified atom stereocenters. The van der Waals surface area contributed by atoms with Crippen molar-refractivity contribution < 1.29 is 14.6 Å². The Balaban J connectivity index is 1.69. The third kappa shape index (κ3) is 2.23. The monoisotopic (exact) mass is 252 g/mol. The van der Waals surface area contributed by atoms with Gasteiger partial charge in [0.1, 0.15) is 5.78 Å². The summed E-state index contributed by atoms with van der Waals surface area (Å²) in [7, 11) is 0. The summed E-state index contributed by atoms with van der Waals surface area (Å²) in [5.41, 5.74) is -0.520. The van der Waals surface area contributed by atoms with Crippen LogP contribution in [0.2, 0.25) is 0 Å². The lowest BCUT2D eigenvalue weighted by Gasteiger charge is -2.46. The van der Waals surface area contributed by atoms with Crippen LogP contribution in [0.1, 0.15) is 64.2 Å². The standard InChI is InChI=1S/C15H24O3/c16-13-3-8-15(17,9-4-13)12-5-10-18-14(11-12)6-1-2-7-14/h12,17H,1-11H2. The van der Waals surface area contributed by atoms with Crippen molar-refractivity contribution in [2.75, 3.05) is 6.61 Å². The number of hydrogen-bond donors (Lipinski definition) is 1. The minimum absolute atomic E-state index is 0.0695. The molecule has 3 fully saturated rings. The summed E-state index contributed by atoms with van der Waals surface area (Å²) in [6.45, 7) is 0.793. The largest absolute Gasteiger partial charge is 0.390 e. The highest BCUT2D eigenvalue weighted by atomic mass is 16.5. The molecule has 3 nitrogen and oxygen atoms in total. The molecule has 3 heteroatoms. The molecular weight excluding hydrogens is 228 g/mol. The number of carbonyl (C=O) groups excluding carboxylic acids is 1. The Morgan fingerprint density at radius 2 is 1.78 bits per heavy atom. The Kier molecular flexibility index (Phi) is 3.23. The first kappa shape index (κ1) is 12.6. The smallest absolute Gasteiger partial charge is 0.133 e. The van der Waals surface area contributed by atoms with Crippen LogP contribution < -0.4 is 0 Å². The number of ether oxygens (including phenoxy) is 1. The predicted octanol–water partition coefficient (Wildman–Crippen LogP) is 2.60. The van der Waals surface area contributed by atoms with Crippen molar-refractivity contribution in [1.29, 1.82) is 0 Å². The van der Waals surface area contributed by atoms with E-state index in [1.807, 2.05) is 0 Å². The van der Waals surface area contributed by atoms with Crippen LogP contribution in [-0.4, -0.2) is 28.7 Å². The second-order valence-corrected chi connectivity index (χ2v) is 6.57. The van der Waals surface area contributed by atoms with Crippen LogP contribution in [-0.2, 0) is 9.53 Å². The van der Waals surface area contributed by atoms with E-state index in [4.69, 9.17) is 4.74 Å². The van der Waals surface area contributed by atoms with E-state index in [9.17, 15) is 9.90 Å². The molecule has 0 aromatic rings. The van der Waals surface area contributed by atoms with Crippen LogP contribution in [0.15, 0.2) is 0 Å². The van der Waals surface area contributed by atoms with E-state index in [1.54, 1.807) is 0 Å². The second kappa shape index (κ2) is 4.61. The fourth-order valence-electron chi connectivity index (χ4n) is 4.22. The molecule has 2 aliphatic carbocycles. The number of hydrogen-bond acceptors (Lipinski definition) is 3. The molecule has 3 aliphatic rings. The summed E-state index contributed by atoms with van der Waals surface area (Å²) >= 11 is 0. The Morgan fingerprint density at radius 1 is 1.11 bits per heavy atom. The van der Waals surface area contributed by atoms with Gasteiger partial charge in [-0.05, 0) is 44.4 Å². The summed E-state index contributed by atoms with van der Waals surface area (Å²) in [5.74, 6) is 0.666. The van der Waals surface area contributed by atoms with Gasteiger partial charge in [-0.15, -0.1) is 0 Å². The van der Waals surface area contributed by atoms with Crippen molar-refractivity contribution in [2.45, 2.75) is 75.4 Å². The first-order chi connectivity index (χ1) is 8.62. The number of carbonyl (C=O) groups is 1. The van der Waals surface area contributed by atoms with E-state index in [0.717, 1.165) is 19.4 Å². The molecule has 1 N–H and O–H groups in total. The Bertz CT molecular complexity index is 321. The molecule has 1 heterocycles. The van der Waals surface area contributed by atoms with Crippen molar-refractivity contribution in [1.82, 2.24) is 0 Å². The lowest BCUT2D eigenvalue weighted by atomic mass is 9.69. The Hall–Kier alpha value is -0.410. The van der Waals surface area contributed by atoms with Crippen LogP contribution in [0.25, 0.3) is 0 Å². The SMILES string of the molecule is O=C1CCC(O)(C2CCOC3(CCCC3)C2)CC1. The number of aliphatic hydroxyl groups is 1. The van der Waals surface area contributed by atoms with Gasteiger partial charge in [0.15, 0.2) is 0 Å². The Labute approximate surface area is 109 Å². The van der Waals surface area contributed by atoms with Crippen molar-refractivity contribution in [2.24, 2.45) is 5.92 Å². The molecule has 0 aromatic heterocycles. The summed E-state index contributed by atoms with van der Waals surface area (Å²) in [4.78, 5) is 11.3. The quantitative estimate of drug-likeness (QED) is 0.780. The number of rotatable bonds is 1. The highest BCUT2D eigenvalue weighted by Gasteiger charge is 2.47. The zero-order valence-electron chi connectivity index (χ0n) is 11.1. The average molecular weight is 252 g/mol. The van der Waals surface area contributed by atoms with Gasteiger partial charge in [-0.25, -0.2) is 0 Å². The van der Waals surface area contributed by atoms with Crippen LogP contribution >= 0.6 is 0 Å². The molecule has 0 bridgehead atoms. The first-order valence-electron chi connectivity index (χ1n) is 7.50. The van der Waals surface area contributed by atoms with Gasteiger partial charge in [-0.2, -0.15) is 0 Å². The molecule has 102 valence electrons. The average Bonchev–Trinajstić information content (AvgIpc) is 2.81. The fourth-order valence-corrected chi connectivity index (χ4v) is 4.22. The minimum Gasteiger partial charge on any atom is -0.390 e. The zero-order valence-corrected chi connectivity index (χ0v) is 11.1. The van der Waals surface area contributed by atoms with Gasteiger partial charge in [-0.3, -0.25) is 4.79 Å². The van der Waals surface area contributed by atoms with Gasteiger partial charge in [-0.1, -0.05) is 12.8 Å². The third-order valence-electron chi connectivity index (χ3n) is 5.44. The molecule has 0 amide bonds. The van der Waals surface area contributed by atoms with Crippen molar-refractivity contribution in [3.8, 4) is 0 Å². The maximum Gasteiger partial charge on any atom is 0.133 e. The normalized spacial score (nSPS) is 34.9. The van der Waals surface area contributed by atoms with Gasteiger partial charge in [0, 0.05) is 19.4 Å². The number of Topliss-reactive ketones (excluding diaryl/α,β-unsaturated/α-hetero) is 1. The maximum absolute atomic E-state index is 11.3. The topological polar surface area (TPSA) is 46.5 Å². The van der Waals surface area contributed by atoms with Crippen LogP contribution in [0.3, 0.4) is 0 Å². The van der Waals surface area contributed by atoms with E-state index < -0.39 is 5.60 Å². The molecule has 18 heavy (non-hydrogen) atoms. The molecular formula is C15H24O3. The first-order valence-corrected chi connectivity index (χ1v) is 7.50.